The molecule has 0 radical (unpaired) electrons. The molecule has 2 atom stereocenters. The number of fused-ring (bicyclic) bond motifs is 2. The summed E-state index contributed by atoms with van der Waals surface area (Å²) >= 11 is 0. The summed E-state index contributed by atoms with van der Waals surface area (Å²) in [6.07, 6.45) is -3.16. The smallest absolute Gasteiger partial charge is 0.356 e. The standard InChI is InChI=1S/C20H20F5N7/c21-16(22)11-32-19-14(6-27-32)26-7-18(29-19)30-5-4-12-8-31(10-13(12)9-30)17-3-1-2-15(28-17)20(23,24)25/h1-3,6-7,12-13,16H,4-5,8-11H2/t12-,13+/m1/s1. The molecule has 3 aromatic heterocycles. The van der Waals surface area contributed by atoms with Crippen LogP contribution in [0.15, 0.2) is 30.6 Å². The van der Waals surface area contributed by atoms with Crippen LogP contribution < -0.4 is 9.80 Å². The molecule has 0 aliphatic carbocycles. The molecule has 2 fully saturated rings. The van der Waals surface area contributed by atoms with Crippen LogP contribution in [0.5, 0.6) is 0 Å². The highest BCUT2D eigenvalue weighted by molar-refractivity contribution is 5.71. The molecule has 7 nitrogen and oxygen atoms in total. The third kappa shape index (κ3) is 3.93. The maximum Gasteiger partial charge on any atom is 0.433 e. The number of piperidine rings is 1. The molecule has 2 saturated heterocycles. The maximum atomic E-state index is 13.0. The van der Waals surface area contributed by atoms with E-state index < -0.39 is 24.8 Å². The van der Waals surface area contributed by atoms with Gasteiger partial charge in [0.1, 0.15) is 29.4 Å². The van der Waals surface area contributed by atoms with Gasteiger partial charge in [0.15, 0.2) is 5.65 Å². The van der Waals surface area contributed by atoms with Crippen molar-refractivity contribution in [3.05, 3.63) is 36.3 Å². The summed E-state index contributed by atoms with van der Waals surface area (Å²) < 4.78 is 65.8. The first kappa shape index (κ1) is 20.8. The summed E-state index contributed by atoms with van der Waals surface area (Å²) in [7, 11) is 0. The average Bonchev–Trinajstić information content (AvgIpc) is 3.36. The fraction of sp³-hybridized carbons (Fsp3) is 0.500. The Balaban J connectivity index is 1.32. The summed E-state index contributed by atoms with van der Waals surface area (Å²) in [5, 5.41) is 3.94. The second-order valence-electron chi connectivity index (χ2n) is 8.19. The second kappa shape index (κ2) is 7.82. The molecule has 2 aliphatic heterocycles. The van der Waals surface area contributed by atoms with Crippen molar-refractivity contribution in [3.8, 4) is 0 Å². The van der Waals surface area contributed by atoms with E-state index in [1.54, 1.807) is 12.3 Å². The lowest BCUT2D eigenvalue weighted by Gasteiger charge is -2.34. The zero-order chi connectivity index (χ0) is 22.5. The molecule has 0 saturated carbocycles. The van der Waals surface area contributed by atoms with Crippen LogP contribution in [0.3, 0.4) is 0 Å². The summed E-state index contributed by atoms with van der Waals surface area (Å²) in [6.45, 7) is 2.05. The van der Waals surface area contributed by atoms with Crippen LogP contribution in [0.2, 0.25) is 0 Å². The van der Waals surface area contributed by atoms with Gasteiger partial charge in [-0.3, -0.25) is 0 Å². The molecule has 2 aliphatic rings. The highest BCUT2D eigenvalue weighted by Gasteiger charge is 2.39. The number of pyridine rings is 1. The van der Waals surface area contributed by atoms with Gasteiger partial charge >= 0.3 is 6.18 Å². The minimum atomic E-state index is -4.48. The number of hydrogen-bond donors (Lipinski definition) is 0. The van der Waals surface area contributed by atoms with E-state index in [0.717, 1.165) is 17.2 Å². The van der Waals surface area contributed by atoms with Crippen molar-refractivity contribution in [2.24, 2.45) is 11.8 Å². The fourth-order valence-electron chi connectivity index (χ4n) is 4.58. The number of halogens is 5. The van der Waals surface area contributed by atoms with Crippen LogP contribution in [0, 0.1) is 11.8 Å². The lowest BCUT2D eigenvalue weighted by atomic mass is 9.89. The predicted molar refractivity (Wildman–Crippen MR) is 107 cm³/mol. The zero-order valence-electron chi connectivity index (χ0n) is 16.9. The molecule has 0 amide bonds. The van der Waals surface area contributed by atoms with Crippen LogP contribution in [-0.2, 0) is 12.7 Å². The summed E-state index contributed by atoms with van der Waals surface area (Å²) in [4.78, 5) is 16.6. The van der Waals surface area contributed by atoms with Crippen LogP contribution in [0.1, 0.15) is 12.1 Å². The molecule has 0 spiro atoms. The van der Waals surface area contributed by atoms with E-state index in [1.165, 1.54) is 12.3 Å². The first-order chi connectivity index (χ1) is 15.3. The lowest BCUT2D eigenvalue weighted by molar-refractivity contribution is -0.141. The van der Waals surface area contributed by atoms with Crippen molar-refractivity contribution in [1.29, 1.82) is 0 Å². The average molecular weight is 453 g/mol. The highest BCUT2D eigenvalue weighted by atomic mass is 19.4. The van der Waals surface area contributed by atoms with Crippen molar-refractivity contribution in [3.63, 3.8) is 0 Å². The van der Waals surface area contributed by atoms with Crippen LogP contribution >= 0.6 is 0 Å². The Morgan fingerprint density at radius 1 is 0.969 bits per heavy atom. The van der Waals surface area contributed by atoms with Gasteiger partial charge in [0.2, 0.25) is 0 Å². The molecule has 0 unspecified atom stereocenters. The number of nitrogens with zero attached hydrogens (tertiary/aromatic N) is 7. The Morgan fingerprint density at radius 2 is 1.75 bits per heavy atom. The van der Waals surface area contributed by atoms with Gasteiger partial charge in [0.05, 0.1) is 12.4 Å². The Morgan fingerprint density at radius 3 is 2.53 bits per heavy atom. The van der Waals surface area contributed by atoms with Gasteiger partial charge in [-0.1, -0.05) is 6.07 Å². The molecular weight excluding hydrogens is 433 g/mol. The molecule has 5 rings (SSSR count). The lowest BCUT2D eigenvalue weighted by Crippen LogP contribution is -2.40. The highest BCUT2D eigenvalue weighted by Crippen LogP contribution is 2.36. The number of anilines is 2. The molecule has 3 aromatic rings. The Hall–Kier alpha value is -3.05. The largest absolute Gasteiger partial charge is 0.433 e. The number of rotatable bonds is 4. The Bertz CT molecular complexity index is 1120. The molecule has 32 heavy (non-hydrogen) atoms. The number of aromatic nitrogens is 5. The van der Waals surface area contributed by atoms with Crippen LogP contribution in [-0.4, -0.2) is 57.3 Å². The van der Waals surface area contributed by atoms with Gasteiger partial charge in [0.25, 0.3) is 6.43 Å². The third-order valence-electron chi connectivity index (χ3n) is 6.12. The monoisotopic (exact) mass is 453 g/mol. The maximum absolute atomic E-state index is 13.0. The molecule has 0 aromatic carbocycles. The topological polar surface area (TPSA) is 63.0 Å². The minimum absolute atomic E-state index is 0.226. The van der Waals surface area contributed by atoms with Crippen LogP contribution in [0.4, 0.5) is 33.6 Å². The van der Waals surface area contributed by atoms with Gasteiger partial charge in [-0.15, -0.1) is 0 Å². The van der Waals surface area contributed by atoms with E-state index in [-0.39, 0.29) is 5.92 Å². The van der Waals surface area contributed by atoms with E-state index in [1.807, 2.05) is 4.90 Å². The number of hydrogen-bond acceptors (Lipinski definition) is 6. The van der Waals surface area contributed by atoms with E-state index >= 15 is 0 Å². The summed E-state index contributed by atoms with van der Waals surface area (Å²) in [5.74, 6) is 1.48. The molecule has 0 bridgehead atoms. The van der Waals surface area contributed by atoms with Crippen LogP contribution in [0.25, 0.3) is 11.2 Å². The van der Waals surface area contributed by atoms with Crippen molar-refractivity contribution >= 4 is 22.8 Å². The Labute approximate surface area is 179 Å². The van der Waals surface area contributed by atoms with E-state index in [9.17, 15) is 22.0 Å². The molecule has 12 heteroatoms. The van der Waals surface area contributed by atoms with Gasteiger partial charge < -0.3 is 9.80 Å². The van der Waals surface area contributed by atoms with Gasteiger partial charge in [-0.25, -0.2) is 28.4 Å². The molecule has 0 N–H and O–H groups in total. The Kier molecular flexibility index (Phi) is 5.09. The van der Waals surface area contributed by atoms with E-state index in [4.69, 9.17) is 0 Å². The first-order valence-electron chi connectivity index (χ1n) is 10.3. The quantitative estimate of drug-likeness (QED) is 0.564. The van der Waals surface area contributed by atoms with Gasteiger partial charge in [0, 0.05) is 26.2 Å². The molecular formula is C20H20F5N7. The normalized spacial score (nSPS) is 21.6. The predicted octanol–water partition coefficient (Wildman–Crippen LogP) is 3.47. The summed E-state index contributed by atoms with van der Waals surface area (Å²) in [5.41, 5.74) is -0.131. The van der Waals surface area contributed by atoms with Crippen molar-refractivity contribution in [2.75, 3.05) is 36.0 Å². The fourth-order valence-corrected chi connectivity index (χ4v) is 4.58. The van der Waals surface area contributed by atoms with Crippen molar-refractivity contribution in [2.45, 2.75) is 25.6 Å². The van der Waals surface area contributed by atoms with Gasteiger partial charge in [-0.2, -0.15) is 18.3 Å². The van der Waals surface area contributed by atoms with E-state index in [2.05, 4.69) is 25.0 Å². The minimum Gasteiger partial charge on any atom is -0.356 e. The first-order valence-corrected chi connectivity index (χ1v) is 10.3. The zero-order valence-corrected chi connectivity index (χ0v) is 16.9. The summed E-state index contributed by atoms with van der Waals surface area (Å²) in [6, 6.07) is 3.96. The SMILES string of the molecule is FC(F)Cn1ncc2ncc(N3CC[C@@H]4CN(c5cccc(C(F)(F)F)n5)C[C@@H]4C3)nc21. The molecule has 170 valence electrons. The third-order valence-corrected chi connectivity index (χ3v) is 6.12. The van der Waals surface area contributed by atoms with E-state index in [0.29, 0.717) is 54.9 Å². The van der Waals surface area contributed by atoms with Gasteiger partial charge in [-0.05, 0) is 30.4 Å². The molecule has 5 heterocycles. The van der Waals surface area contributed by atoms with Crippen molar-refractivity contribution < 1.29 is 22.0 Å². The second-order valence-corrected chi connectivity index (χ2v) is 8.19. The number of alkyl halides is 5. The van der Waals surface area contributed by atoms with Crippen molar-refractivity contribution in [1.82, 2.24) is 24.7 Å².